The molecule has 0 atom stereocenters. The number of thioether (sulfide) groups is 1. The summed E-state index contributed by atoms with van der Waals surface area (Å²) in [5.74, 6) is 0.636. The fourth-order valence-corrected chi connectivity index (χ4v) is 5.10. The van der Waals surface area contributed by atoms with Gasteiger partial charge in [0.05, 0.1) is 10.6 Å². The second-order valence-electron chi connectivity index (χ2n) is 7.49. The number of nitrogens with zero attached hydrogens (tertiary/aromatic N) is 1. The van der Waals surface area contributed by atoms with E-state index in [0.29, 0.717) is 26.5 Å². The van der Waals surface area contributed by atoms with E-state index in [9.17, 15) is 4.79 Å². The van der Waals surface area contributed by atoms with Crippen LogP contribution in [0.5, 0.6) is 5.75 Å². The number of fused-ring (bicyclic) bond motifs is 1. The van der Waals surface area contributed by atoms with E-state index in [0.717, 1.165) is 16.9 Å². The first-order valence-corrected chi connectivity index (χ1v) is 11.9. The van der Waals surface area contributed by atoms with Crippen LogP contribution in [0, 0.1) is 0 Å². The van der Waals surface area contributed by atoms with Gasteiger partial charge in [0.25, 0.3) is 5.91 Å². The third-order valence-corrected chi connectivity index (χ3v) is 6.88. The number of hydrogen-bond donors (Lipinski definition) is 0. The van der Waals surface area contributed by atoms with Gasteiger partial charge in [0.15, 0.2) is 4.32 Å². The van der Waals surface area contributed by atoms with Crippen molar-refractivity contribution in [3.63, 3.8) is 0 Å². The van der Waals surface area contributed by atoms with E-state index >= 15 is 0 Å². The molecule has 6 heteroatoms. The van der Waals surface area contributed by atoms with Crippen molar-refractivity contribution in [2.45, 2.75) is 6.61 Å². The Kier molecular flexibility index (Phi) is 6.18. The summed E-state index contributed by atoms with van der Waals surface area (Å²) in [4.78, 5) is 15.0. The fourth-order valence-electron chi connectivity index (χ4n) is 3.67. The lowest BCUT2D eigenvalue weighted by molar-refractivity contribution is -0.113. The monoisotopic (exact) mass is 487 g/mol. The summed E-state index contributed by atoms with van der Waals surface area (Å²) in [5, 5.41) is 3.01. The lowest BCUT2D eigenvalue weighted by Gasteiger charge is -2.14. The number of rotatable bonds is 5. The van der Waals surface area contributed by atoms with Crippen LogP contribution < -0.4 is 9.64 Å². The van der Waals surface area contributed by atoms with Gasteiger partial charge in [-0.15, -0.1) is 0 Å². The Morgan fingerprint density at radius 2 is 1.64 bits per heavy atom. The minimum atomic E-state index is -0.136. The van der Waals surface area contributed by atoms with Crippen LogP contribution in [-0.4, -0.2) is 10.2 Å². The van der Waals surface area contributed by atoms with Crippen LogP contribution in [0.15, 0.2) is 95.9 Å². The number of carbonyl (C=O) groups is 1. The first kappa shape index (κ1) is 21.7. The molecule has 4 aromatic rings. The molecule has 33 heavy (non-hydrogen) atoms. The molecule has 1 aliphatic rings. The summed E-state index contributed by atoms with van der Waals surface area (Å²) in [5.41, 5.74) is 2.76. The number of anilines is 1. The third-order valence-electron chi connectivity index (χ3n) is 5.33. The quantitative estimate of drug-likeness (QED) is 0.215. The molecular weight excluding hydrogens is 470 g/mol. The zero-order chi connectivity index (χ0) is 22.8. The molecule has 1 heterocycles. The molecule has 1 saturated heterocycles. The van der Waals surface area contributed by atoms with Crippen LogP contribution in [0.3, 0.4) is 0 Å². The maximum absolute atomic E-state index is 12.9. The molecule has 162 valence electrons. The van der Waals surface area contributed by atoms with Crippen molar-refractivity contribution in [3.8, 4) is 5.75 Å². The second kappa shape index (κ2) is 9.40. The van der Waals surface area contributed by atoms with Crippen molar-refractivity contribution in [2.75, 3.05) is 4.90 Å². The minimum absolute atomic E-state index is 0.136. The highest BCUT2D eigenvalue weighted by molar-refractivity contribution is 8.27. The Bertz CT molecular complexity index is 1380. The Morgan fingerprint density at radius 3 is 2.42 bits per heavy atom. The molecular formula is C27H18ClNO2S2. The van der Waals surface area contributed by atoms with E-state index in [1.807, 2.05) is 48.5 Å². The number of amides is 1. The Morgan fingerprint density at radius 1 is 0.909 bits per heavy atom. The van der Waals surface area contributed by atoms with E-state index in [1.165, 1.54) is 27.4 Å². The normalized spacial score (nSPS) is 14.9. The largest absolute Gasteiger partial charge is 0.489 e. The smallest absolute Gasteiger partial charge is 0.270 e. The van der Waals surface area contributed by atoms with Gasteiger partial charge in [0.2, 0.25) is 0 Å². The molecule has 0 bridgehead atoms. The maximum Gasteiger partial charge on any atom is 0.270 e. The summed E-state index contributed by atoms with van der Waals surface area (Å²) in [6.07, 6.45) is 1.85. The van der Waals surface area contributed by atoms with Gasteiger partial charge in [0, 0.05) is 5.02 Å². The topological polar surface area (TPSA) is 29.5 Å². The Hall–Kier alpha value is -3.12. The Balaban J connectivity index is 1.29. The number of carbonyl (C=O) groups excluding carboxylic acids is 1. The van der Waals surface area contributed by atoms with Crippen molar-refractivity contribution in [1.29, 1.82) is 0 Å². The lowest BCUT2D eigenvalue weighted by Crippen LogP contribution is -2.27. The van der Waals surface area contributed by atoms with E-state index in [2.05, 4.69) is 24.3 Å². The van der Waals surface area contributed by atoms with Crippen molar-refractivity contribution >= 4 is 68.3 Å². The van der Waals surface area contributed by atoms with E-state index in [-0.39, 0.29) is 5.91 Å². The van der Waals surface area contributed by atoms with Gasteiger partial charge in [0.1, 0.15) is 12.4 Å². The number of ether oxygens (including phenoxy) is 1. The molecule has 1 amide bonds. The van der Waals surface area contributed by atoms with E-state index in [4.69, 9.17) is 28.6 Å². The summed E-state index contributed by atoms with van der Waals surface area (Å²) in [6, 6.07) is 29.3. The highest BCUT2D eigenvalue weighted by Crippen LogP contribution is 2.36. The molecule has 0 unspecified atom stereocenters. The minimum Gasteiger partial charge on any atom is -0.489 e. The highest BCUT2D eigenvalue weighted by atomic mass is 35.5. The zero-order valence-corrected chi connectivity index (χ0v) is 19.8. The third kappa shape index (κ3) is 4.67. The van der Waals surface area contributed by atoms with Crippen LogP contribution in [0.1, 0.15) is 11.1 Å². The van der Waals surface area contributed by atoms with E-state index < -0.39 is 0 Å². The maximum atomic E-state index is 12.9. The molecule has 0 spiro atoms. The first-order valence-electron chi connectivity index (χ1n) is 10.3. The van der Waals surface area contributed by atoms with Gasteiger partial charge in [-0.2, -0.15) is 0 Å². The molecule has 5 rings (SSSR count). The van der Waals surface area contributed by atoms with Gasteiger partial charge < -0.3 is 4.74 Å². The molecule has 0 saturated carbocycles. The molecule has 4 aromatic carbocycles. The van der Waals surface area contributed by atoms with Gasteiger partial charge >= 0.3 is 0 Å². The van der Waals surface area contributed by atoms with Crippen molar-refractivity contribution in [3.05, 3.63) is 112 Å². The van der Waals surface area contributed by atoms with Crippen molar-refractivity contribution < 1.29 is 9.53 Å². The number of benzene rings is 4. The first-order chi connectivity index (χ1) is 16.1. The lowest BCUT2D eigenvalue weighted by atomic mass is 10.1. The number of hydrogen-bond acceptors (Lipinski definition) is 4. The van der Waals surface area contributed by atoms with Crippen LogP contribution in [-0.2, 0) is 11.4 Å². The Labute approximate surface area is 206 Å². The average Bonchev–Trinajstić information content (AvgIpc) is 3.11. The van der Waals surface area contributed by atoms with Crippen LogP contribution in [0.4, 0.5) is 5.69 Å². The summed E-state index contributed by atoms with van der Waals surface area (Å²) < 4.78 is 6.52. The molecule has 1 fully saturated rings. The molecule has 0 radical (unpaired) electrons. The van der Waals surface area contributed by atoms with Crippen LogP contribution >= 0.6 is 35.6 Å². The fraction of sp³-hybridized carbons (Fsp3) is 0.0370. The van der Waals surface area contributed by atoms with Gasteiger partial charge in [-0.05, 0) is 64.4 Å². The predicted octanol–water partition coefficient (Wildman–Crippen LogP) is 7.48. The predicted molar refractivity (Wildman–Crippen MR) is 142 cm³/mol. The average molecular weight is 488 g/mol. The molecule has 1 aliphatic heterocycles. The zero-order valence-electron chi connectivity index (χ0n) is 17.4. The summed E-state index contributed by atoms with van der Waals surface area (Å²) in [7, 11) is 0. The van der Waals surface area contributed by atoms with Gasteiger partial charge in [-0.25, -0.2) is 0 Å². The number of halogens is 1. The molecule has 3 nitrogen and oxygen atoms in total. The summed E-state index contributed by atoms with van der Waals surface area (Å²) in [6.45, 7) is 0.487. The standard InChI is InChI=1S/C27H18ClNO2S2/c28-21-10-12-22(13-11-21)29-26(30)25(33-27(29)32)16-18-8-14-23(15-9-18)31-17-20-6-3-5-19-4-1-2-7-24(19)20/h1-16H,17H2/b25-16+. The van der Waals surface area contributed by atoms with Gasteiger partial charge in [-0.3, -0.25) is 9.69 Å². The summed E-state index contributed by atoms with van der Waals surface area (Å²) >= 11 is 12.7. The molecule has 0 aromatic heterocycles. The van der Waals surface area contributed by atoms with Crippen LogP contribution in [0.25, 0.3) is 16.8 Å². The molecule has 0 N–H and O–H groups in total. The second-order valence-corrected chi connectivity index (χ2v) is 9.60. The molecule has 0 aliphatic carbocycles. The van der Waals surface area contributed by atoms with E-state index in [1.54, 1.807) is 24.3 Å². The van der Waals surface area contributed by atoms with Gasteiger partial charge in [-0.1, -0.05) is 90.2 Å². The SMILES string of the molecule is O=C1/C(=C\c2ccc(OCc3cccc4ccccc34)cc2)SC(=S)N1c1ccc(Cl)cc1. The van der Waals surface area contributed by atoms with Crippen LogP contribution in [0.2, 0.25) is 5.02 Å². The van der Waals surface area contributed by atoms with Crippen molar-refractivity contribution in [2.24, 2.45) is 0 Å². The number of thiocarbonyl (C=S) groups is 1. The highest BCUT2D eigenvalue weighted by Gasteiger charge is 2.33. The van der Waals surface area contributed by atoms with Crippen molar-refractivity contribution in [1.82, 2.24) is 0 Å².